The average molecular weight is 269 g/mol. The van der Waals surface area contributed by atoms with E-state index >= 15 is 0 Å². The van der Waals surface area contributed by atoms with Gasteiger partial charge in [0.2, 0.25) is 0 Å². The van der Waals surface area contributed by atoms with Gasteiger partial charge in [0.05, 0.1) is 0 Å². The van der Waals surface area contributed by atoms with Gasteiger partial charge in [-0.2, -0.15) is 0 Å². The van der Waals surface area contributed by atoms with E-state index < -0.39 is 0 Å². The van der Waals surface area contributed by atoms with Gasteiger partial charge in [-0.05, 0) is 92.2 Å². The van der Waals surface area contributed by atoms with Crippen LogP contribution >= 0.6 is 0 Å². The second-order valence-electron chi connectivity index (χ2n) is 7.58. The molecule has 4 aliphatic rings. The number of hydrogen-bond acceptors (Lipinski definition) is 1. The highest BCUT2D eigenvalue weighted by molar-refractivity contribution is 5.43. The van der Waals surface area contributed by atoms with Crippen molar-refractivity contribution in [2.75, 3.05) is 12.4 Å². The fraction of sp³-hybridized carbons (Fsp3) is 0.684. The maximum Gasteiger partial charge on any atom is 0.0337 e. The molecule has 4 aliphatic carbocycles. The van der Waals surface area contributed by atoms with Crippen LogP contribution in [0, 0.1) is 29.6 Å². The highest BCUT2D eigenvalue weighted by Crippen LogP contribution is 2.57. The molecule has 1 N–H and O–H groups in total. The SMILES string of the molecule is CNc1ccc(CCC2C3CC4CC(C3)CC2C4)cc1. The van der Waals surface area contributed by atoms with Crippen LogP contribution in [-0.2, 0) is 6.42 Å². The Morgan fingerprint density at radius 1 is 0.900 bits per heavy atom. The summed E-state index contributed by atoms with van der Waals surface area (Å²) < 4.78 is 0. The van der Waals surface area contributed by atoms with Crippen molar-refractivity contribution in [1.29, 1.82) is 0 Å². The van der Waals surface area contributed by atoms with E-state index in [1.165, 1.54) is 24.1 Å². The van der Waals surface area contributed by atoms with E-state index in [9.17, 15) is 0 Å². The molecule has 5 rings (SSSR count). The fourth-order valence-electron chi connectivity index (χ4n) is 5.68. The zero-order valence-corrected chi connectivity index (χ0v) is 12.6. The van der Waals surface area contributed by atoms with Crippen molar-refractivity contribution < 1.29 is 0 Å². The van der Waals surface area contributed by atoms with Crippen LogP contribution in [0.5, 0.6) is 0 Å². The van der Waals surface area contributed by atoms with Gasteiger partial charge in [0.15, 0.2) is 0 Å². The van der Waals surface area contributed by atoms with Crippen molar-refractivity contribution >= 4 is 5.69 Å². The van der Waals surface area contributed by atoms with E-state index in [1.807, 2.05) is 7.05 Å². The molecule has 1 aromatic carbocycles. The van der Waals surface area contributed by atoms with Gasteiger partial charge < -0.3 is 5.32 Å². The number of anilines is 1. The summed E-state index contributed by atoms with van der Waals surface area (Å²) in [7, 11) is 1.99. The Hall–Kier alpha value is -0.980. The maximum atomic E-state index is 3.20. The molecule has 0 spiro atoms. The monoisotopic (exact) mass is 269 g/mol. The first-order valence-electron chi connectivity index (χ1n) is 8.58. The molecule has 0 aromatic heterocycles. The van der Waals surface area contributed by atoms with E-state index in [0.29, 0.717) is 0 Å². The standard InChI is InChI=1S/C19H27N/c1-20-18-5-2-13(3-6-18)4-7-19-16-9-14-8-15(11-16)12-17(19)10-14/h2-3,5-6,14-17,19-20H,4,7-12H2,1H3. The first-order valence-corrected chi connectivity index (χ1v) is 8.58. The molecule has 0 radical (unpaired) electrons. The van der Waals surface area contributed by atoms with Crippen LogP contribution in [0.25, 0.3) is 0 Å². The van der Waals surface area contributed by atoms with Crippen molar-refractivity contribution in [2.24, 2.45) is 29.6 Å². The molecule has 0 heterocycles. The minimum absolute atomic E-state index is 1.05. The normalized spacial score (nSPS) is 38.1. The topological polar surface area (TPSA) is 12.0 Å². The predicted octanol–water partition coefficient (Wildman–Crippen LogP) is 4.73. The lowest BCUT2D eigenvalue weighted by molar-refractivity contribution is -0.0394. The first-order chi connectivity index (χ1) is 9.81. The van der Waals surface area contributed by atoms with E-state index in [0.717, 1.165) is 29.6 Å². The summed E-state index contributed by atoms with van der Waals surface area (Å²) in [6, 6.07) is 9.04. The quantitative estimate of drug-likeness (QED) is 0.833. The zero-order valence-electron chi connectivity index (χ0n) is 12.6. The third kappa shape index (κ3) is 2.25. The Balaban J connectivity index is 1.39. The molecule has 20 heavy (non-hydrogen) atoms. The van der Waals surface area contributed by atoms with Crippen LogP contribution in [0.15, 0.2) is 24.3 Å². The largest absolute Gasteiger partial charge is 0.388 e. The van der Waals surface area contributed by atoms with E-state index in [1.54, 1.807) is 32.1 Å². The van der Waals surface area contributed by atoms with E-state index in [2.05, 4.69) is 29.6 Å². The molecular weight excluding hydrogens is 242 g/mol. The van der Waals surface area contributed by atoms with E-state index in [4.69, 9.17) is 0 Å². The Morgan fingerprint density at radius 2 is 1.50 bits per heavy atom. The summed E-state index contributed by atoms with van der Waals surface area (Å²) in [6.07, 6.45) is 10.6. The Bertz CT molecular complexity index is 433. The number of benzene rings is 1. The van der Waals surface area contributed by atoms with Gasteiger partial charge in [-0.1, -0.05) is 12.1 Å². The third-order valence-corrected chi connectivity index (χ3v) is 6.43. The molecule has 4 saturated carbocycles. The van der Waals surface area contributed by atoms with E-state index in [-0.39, 0.29) is 0 Å². The van der Waals surface area contributed by atoms with Gasteiger partial charge in [0, 0.05) is 12.7 Å². The van der Waals surface area contributed by atoms with Crippen molar-refractivity contribution in [3.05, 3.63) is 29.8 Å². The van der Waals surface area contributed by atoms with Gasteiger partial charge in [0.25, 0.3) is 0 Å². The molecule has 0 atom stereocenters. The molecule has 4 fully saturated rings. The molecule has 0 amide bonds. The predicted molar refractivity (Wildman–Crippen MR) is 84.8 cm³/mol. The number of aryl methyl sites for hydroxylation is 1. The summed E-state index contributed by atoms with van der Waals surface area (Å²) >= 11 is 0. The lowest BCUT2D eigenvalue weighted by Crippen LogP contribution is -2.45. The molecular formula is C19H27N. The maximum absolute atomic E-state index is 3.20. The molecule has 1 aromatic rings. The van der Waals surface area contributed by atoms with Gasteiger partial charge in [-0.3, -0.25) is 0 Å². The number of hydrogen-bond donors (Lipinski definition) is 1. The van der Waals surface area contributed by atoms with Crippen LogP contribution in [0.1, 0.15) is 44.1 Å². The molecule has 1 nitrogen and oxygen atoms in total. The van der Waals surface area contributed by atoms with Crippen LogP contribution in [0.3, 0.4) is 0 Å². The highest BCUT2D eigenvalue weighted by Gasteiger charge is 2.47. The molecule has 4 bridgehead atoms. The summed E-state index contributed by atoms with van der Waals surface area (Å²) in [4.78, 5) is 0. The van der Waals surface area contributed by atoms with Gasteiger partial charge in [-0.25, -0.2) is 0 Å². The molecule has 1 heteroatoms. The van der Waals surface area contributed by atoms with Crippen molar-refractivity contribution in [3.8, 4) is 0 Å². The second-order valence-corrected chi connectivity index (χ2v) is 7.58. The van der Waals surface area contributed by atoms with Crippen molar-refractivity contribution in [3.63, 3.8) is 0 Å². The third-order valence-electron chi connectivity index (χ3n) is 6.43. The van der Waals surface area contributed by atoms with Gasteiger partial charge in [0.1, 0.15) is 0 Å². The number of rotatable bonds is 4. The summed E-state index contributed by atoms with van der Waals surface area (Å²) in [5.74, 6) is 5.45. The van der Waals surface area contributed by atoms with Gasteiger partial charge in [-0.15, -0.1) is 0 Å². The molecule has 0 saturated heterocycles. The van der Waals surface area contributed by atoms with Crippen molar-refractivity contribution in [2.45, 2.75) is 44.9 Å². The zero-order chi connectivity index (χ0) is 13.5. The smallest absolute Gasteiger partial charge is 0.0337 e. The first kappa shape index (κ1) is 12.7. The van der Waals surface area contributed by atoms with Crippen LogP contribution in [-0.4, -0.2) is 7.05 Å². The molecule has 0 unspecified atom stereocenters. The van der Waals surface area contributed by atoms with Crippen LogP contribution in [0.2, 0.25) is 0 Å². The summed E-state index contributed by atoms with van der Waals surface area (Å²) in [5.41, 5.74) is 2.75. The Morgan fingerprint density at radius 3 is 2.05 bits per heavy atom. The molecule has 108 valence electrons. The summed E-state index contributed by atoms with van der Waals surface area (Å²) in [5, 5.41) is 3.20. The second kappa shape index (κ2) is 5.09. The Kier molecular flexibility index (Phi) is 3.24. The van der Waals surface area contributed by atoms with Gasteiger partial charge >= 0.3 is 0 Å². The fourth-order valence-corrected chi connectivity index (χ4v) is 5.68. The van der Waals surface area contributed by atoms with Crippen LogP contribution in [0.4, 0.5) is 5.69 Å². The molecule has 0 aliphatic heterocycles. The lowest BCUT2D eigenvalue weighted by Gasteiger charge is -2.54. The van der Waals surface area contributed by atoms with Crippen LogP contribution < -0.4 is 5.32 Å². The average Bonchev–Trinajstić information content (AvgIpc) is 2.46. The lowest BCUT2D eigenvalue weighted by atomic mass is 9.51. The minimum atomic E-state index is 1.05. The highest BCUT2D eigenvalue weighted by atomic mass is 14.8. The van der Waals surface area contributed by atoms with Crippen molar-refractivity contribution in [1.82, 2.24) is 0 Å². The number of nitrogens with one attached hydrogen (secondary N) is 1. The Labute approximate surface area is 123 Å². The summed E-state index contributed by atoms with van der Waals surface area (Å²) in [6.45, 7) is 0. The minimum Gasteiger partial charge on any atom is -0.388 e.